The molecule has 0 radical (unpaired) electrons. The molecule has 166 valence electrons. The molecular formula is C22H18Cl4N2O2SSn. The Morgan fingerprint density at radius 1 is 0.906 bits per heavy atom. The van der Waals surface area contributed by atoms with E-state index in [1.54, 1.807) is 24.3 Å². The maximum atomic E-state index is 11.6. The van der Waals surface area contributed by atoms with E-state index in [4.69, 9.17) is 43.6 Å². The molecule has 0 N–H and O–H groups in total. The molecule has 0 fully saturated rings. The number of nitrogens with zero attached hydrogens (tertiary/aromatic N) is 2. The SMILES string of the molecule is Cc1ccc(S(=O)[O][Sn-]([Cl])([Cl])([Cl])[Cl])cc1.N#[N+]C1=C(c2ccccc2)c2ccccc2C1. The molecule has 1 aliphatic carbocycles. The number of diazo groups is 1. The van der Waals surface area contributed by atoms with E-state index in [1.165, 1.54) is 11.1 Å². The van der Waals surface area contributed by atoms with Gasteiger partial charge in [-0.2, -0.15) is 0 Å². The molecule has 0 spiro atoms. The fourth-order valence-electron chi connectivity index (χ4n) is 3.17. The summed E-state index contributed by atoms with van der Waals surface area (Å²) in [6, 6.07) is 25.1. The van der Waals surface area contributed by atoms with Gasteiger partial charge < -0.3 is 0 Å². The van der Waals surface area contributed by atoms with E-state index in [2.05, 4.69) is 17.1 Å². The molecule has 3 aromatic rings. The molecule has 0 saturated carbocycles. The monoisotopic (exact) mass is 634 g/mol. The molecule has 1 atom stereocenters. The van der Waals surface area contributed by atoms with Crippen LogP contribution in [-0.2, 0) is 20.0 Å². The normalized spacial score (nSPS) is 14.9. The fourth-order valence-corrected chi connectivity index (χ4v) is 11.2. The van der Waals surface area contributed by atoms with Crippen molar-refractivity contribution in [2.75, 3.05) is 0 Å². The van der Waals surface area contributed by atoms with Crippen molar-refractivity contribution in [2.24, 2.45) is 0 Å². The first-order valence-electron chi connectivity index (χ1n) is 9.44. The summed E-state index contributed by atoms with van der Waals surface area (Å²) in [5.41, 5.74) is 6.32. The molecule has 10 heteroatoms. The van der Waals surface area contributed by atoms with Gasteiger partial charge in [-0.05, 0) is 16.7 Å². The standard InChI is InChI=1S/C15H11N2.C7H8O2S.4ClH.Sn/c16-17-14-10-12-8-4-5-9-13(12)15(14)11-6-2-1-3-7-11;1-6-2-4-7(5-3-6)10(8)9;;;;;/h1-9H,10H2;2-5H,1H3,(H,8,9);4*1H;/q+1;;;;;;+4/p-5. The van der Waals surface area contributed by atoms with Crippen LogP contribution in [0.3, 0.4) is 0 Å². The third kappa shape index (κ3) is 7.19. The van der Waals surface area contributed by atoms with Crippen molar-refractivity contribution in [3.8, 4) is 0 Å². The Morgan fingerprint density at radius 3 is 2.09 bits per heavy atom. The van der Waals surface area contributed by atoms with Crippen LogP contribution in [0, 0.1) is 12.3 Å². The van der Waals surface area contributed by atoms with E-state index >= 15 is 0 Å². The molecule has 0 bridgehead atoms. The molecule has 3 aromatic carbocycles. The van der Waals surface area contributed by atoms with Crippen molar-refractivity contribution < 1.29 is 6.73 Å². The Morgan fingerprint density at radius 2 is 1.50 bits per heavy atom. The summed E-state index contributed by atoms with van der Waals surface area (Å²) in [5, 5.41) is 9.14. The Hall–Kier alpha value is -1.11. The predicted molar refractivity (Wildman–Crippen MR) is 136 cm³/mol. The largest absolute Gasteiger partial charge is 0.374 e. The molecule has 0 amide bonds. The molecule has 32 heavy (non-hydrogen) atoms. The summed E-state index contributed by atoms with van der Waals surface area (Å²) < 4.78 is 16.4. The van der Waals surface area contributed by atoms with E-state index in [0.29, 0.717) is 11.3 Å². The van der Waals surface area contributed by atoms with Gasteiger partial charge in [0, 0.05) is 0 Å². The van der Waals surface area contributed by atoms with Crippen molar-refractivity contribution in [1.82, 2.24) is 0 Å². The minimum Gasteiger partial charge on any atom is -0.0622 e. The number of hydrogen-bond donors (Lipinski definition) is 0. The minimum absolute atomic E-state index is 0.420. The molecule has 4 rings (SSSR count). The number of allylic oxidation sites excluding steroid dienone is 1. The summed E-state index contributed by atoms with van der Waals surface area (Å²) in [5.74, 6) is 0. The summed E-state index contributed by atoms with van der Waals surface area (Å²) in [6.45, 7) is 1.91. The number of aryl methyl sites for hydroxylation is 1. The fraction of sp³-hybridized carbons (Fsp3) is 0.0909. The first-order valence-corrected chi connectivity index (χ1v) is 26.1. The predicted octanol–water partition coefficient (Wildman–Crippen LogP) is 7.73. The van der Waals surface area contributed by atoms with Crippen LogP contribution >= 0.6 is 35.7 Å². The van der Waals surface area contributed by atoms with E-state index in [-0.39, 0.29) is 0 Å². The third-order valence-corrected chi connectivity index (χ3v) is 14.1. The zero-order valence-corrected chi connectivity index (χ0v) is 23.5. The maximum absolute atomic E-state index is 11.6. The first-order chi connectivity index (χ1) is 15.0. The van der Waals surface area contributed by atoms with Crippen LogP contribution in [0.5, 0.6) is 0 Å². The smallest absolute Gasteiger partial charge is 0.0622 e. The molecule has 0 heterocycles. The van der Waals surface area contributed by atoms with Gasteiger partial charge in [-0.3, -0.25) is 0 Å². The van der Waals surface area contributed by atoms with Crippen LogP contribution in [0.2, 0.25) is 0 Å². The topological polar surface area (TPSA) is 54.5 Å². The molecular weight excluding hydrogens is 617 g/mol. The first kappa shape index (κ1) is 25.5. The van der Waals surface area contributed by atoms with Gasteiger partial charge in [0.15, 0.2) is 4.98 Å². The van der Waals surface area contributed by atoms with Crippen LogP contribution < -0.4 is 0 Å². The van der Waals surface area contributed by atoms with Gasteiger partial charge in [-0.1, -0.05) is 54.6 Å². The van der Waals surface area contributed by atoms with Crippen LogP contribution in [-0.4, -0.2) is 17.1 Å². The Kier molecular flexibility index (Phi) is 8.32. The van der Waals surface area contributed by atoms with Crippen LogP contribution in [0.4, 0.5) is 0 Å². The Labute approximate surface area is 205 Å². The van der Waals surface area contributed by atoms with Crippen LogP contribution in [0.1, 0.15) is 22.3 Å². The number of benzene rings is 3. The number of fused-ring (bicyclic) bond motifs is 1. The molecule has 4 nitrogen and oxygen atoms in total. The van der Waals surface area contributed by atoms with Gasteiger partial charge in [0.05, 0.1) is 12.0 Å². The van der Waals surface area contributed by atoms with Gasteiger partial charge in [0.2, 0.25) is 5.39 Å². The summed E-state index contributed by atoms with van der Waals surface area (Å²) in [6.07, 6.45) is 0.705. The van der Waals surface area contributed by atoms with Crippen molar-refractivity contribution in [2.45, 2.75) is 18.2 Å². The van der Waals surface area contributed by atoms with Gasteiger partial charge in [0.25, 0.3) is 0 Å². The summed E-state index contributed by atoms with van der Waals surface area (Å²) in [4.78, 5) is 3.86. The number of rotatable bonds is 4. The van der Waals surface area contributed by atoms with Gasteiger partial charge in [0.1, 0.15) is 0 Å². The van der Waals surface area contributed by atoms with Crippen LogP contribution in [0.25, 0.3) is 10.5 Å². The average Bonchev–Trinajstić information content (AvgIpc) is 3.12. The van der Waals surface area contributed by atoms with Crippen molar-refractivity contribution in [3.05, 3.63) is 112 Å². The molecule has 1 aliphatic rings. The summed E-state index contributed by atoms with van der Waals surface area (Å²) >= 11 is -6.96. The molecule has 0 aliphatic heterocycles. The average molecular weight is 635 g/mol. The molecule has 0 aromatic heterocycles. The Bertz CT molecular complexity index is 1210. The van der Waals surface area contributed by atoms with Gasteiger partial charge >= 0.3 is 114 Å². The number of halogens is 4. The van der Waals surface area contributed by atoms with E-state index in [1.807, 2.05) is 49.4 Å². The second-order valence-electron chi connectivity index (χ2n) is 6.99. The summed E-state index contributed by atoms with van der Waals surface area (Å²) in [7, 11) is 22.2. The zero-order chi connectivity index (χ0) is 23.4. The van der Waals surface area contributed by atoms with Gasteiger partial charge in [-0.15, -0.1) is 0 Å². The molecule has 1 unspecified atom stereocenters. The molecule has 0 saturated heterocycles. The quantitative estimate of drug-likeness (QED) is 0.218. The van der Waals surface area contributed by atoms with E-state index in [0.717, 1.165) is 22.4 Å². The van der Waals surface area contributed by atoms with Crippen molar-refractivity contribution in [1.29, 1.82) is 5.39 Å². The second kappa shape index (κ2) is 10.4. The van der Waals surface area contributed by atoms with Crippen molar-refractivity contribution in [3.63, 3.8) is 0 Å². The minimum atomic E-state index is -5.13. The zero-order valence-electron chi connectivity index (χ0n) is 16.8. The number of hydrogen-bond acceptors (Lipinski definition) is 3. The second-order valence-corrected chi connectivity index (χ2v) is 40.9. The van der Waals surface area contributed by atoms with Gasteiger partial charge in [-0.25, -0.2) is 0 Å². The van der Waals surface area contributed by atoms with Crippen LogP contribution in [0.15, 0.2) is 89.5 Å². The maximum Gasteiger partial charge on any atom is 0.374 e. The van der Waals surface area contributed by atoms with Crippen molar-refractivity contribution >= 4 is 65.2 Å². The Balaban J connectivity index is 0.000000183. The van der Waals surface area contributed by atoms with E-state index in [9.17, 15) is 4.21 Å². The third-order valence-electron chi connectivity index (χ3n) is 4.53. The van der Waals surface area contributed by atoms with E-state index < -0.39 is 24.0 Å².